The second-order valence-electron chi connectivity index (χ2n) is 5.81. The fraction of sp³-hybridized carbons (Fsp3) is 0.533. The molecule has 2 unspecified atom stereocenters. The highest BCUT2D eigenvalue weighted by Gasteiger charge is 2.21. The van der Waals surface area contributed by atoms with Crippen molar-refractivity contribution in [1.29, 1.82) is 0 Å². The van der Waals surface area contributed by atoms with Crippen LogP contribution in [0.15, 0.2) is 18.2 Å². The van der Waals surface area contributed by atoms with Crippen molar-refractivity contribution in [3.63, 3.8) is 0 Å². The van der Waals surface area contributed by atoms with Gasteiger partial charge in [0.1, 0.15) is 5.69 Å². The molecule has 6 heteroatoms. The summed E-state index contributed by atoms with van der Waals surface area (Å²) in [7, 11) is 0. The minimum atomic E-state index is -1.08. The molecule has 0 aromatic heterocycles. The van der Waals surface area contributed by atoms with Gasteiger partial charge in [0.2, 0.25) is 0 Å². The molecule has 2 N–H and O–H groups in total. The minimum absolute atomic E-state index is 0.0557. The molecule has 1 aromatic rings. The smallest absolute Gasteiger partial charge is 0.335 e. The van der Waals surface area contributed by atoms with E-state index in [9.17, 15) is 14.9 Å². The Kier molecular flexibility index (Phi) is 4.77. The van der Waals surface area contributed by atoms with Gasteiger partial charge in [-0.1, -0.05) is 19.8 Å². The first-order valence-electron chi connectivity index (χ1n) is 7.23. The molecule has 0 amide bonds. The zero-order valence-electron chi connectivity index (χ0n) is 12.0. The third kappa shape index (κ3) is 3.93. The van der Waals surface area contributed by atoms with Crippen LogP contribution in [0, 0.1) is 22.0 Å². The van der Waals surface area contributed by atoms with Gasteiger partial charge < -0.3 is 10.4 Å². The van der Waals surface area contributed by atoms with Gasteiger partial charge in [-0.15, -0.1) is 0 Å². The van der Waals surface area contributed by atoms with E-state index in [1.165, 1.54) is 31.0 Å². The summed E-state index contributed by atoms with van der Waals surface area (Å²) in [4.78, 5) is 21.5. The molecule has 1 fully saturated rings. The lowest BCUT2D eigenvalue weighted by molar-refractivity contribution is -0.384. The predicted octanol–water partition coefficient (Wildman–Crippen LogP) is 3.53. The zero-order valence-corrected chi connectivity index (χ0v) is 12.0. The van der Waals surface area contributed by atoms with Crippen LogP contribution in [0.4, 0.5) is 11.4 Å². The third-order valence-corrected chi connectivity index (χ3v) is 4.07. The van der Waals surface area contributed by atoms with Crippen molar-refractivity contribution in [2.75, 3.05) is 11.9 Å². The maximum atomic E-state index is 11.0. The van der Waals surface area contributed by atoms with Crippen molar-refractivity contribution >= 4 is 17.3 Å². The molecule has 0 saturated heterocycles. The first-order valence-corrected chi connectivity index (χ1v) is 7.23. The summed E-state index contributed by atoms with van der Waals surface area (Å²) in [6, 6.07) is 3.84. The predicted molar refractivity (Wildman–Crippen MR) is 79.7 cm³/mol. The minimum Gasteiger partial charge on any atom is -0.478 e. The lowest BCUT2D eigenvalue weighted by Gasteiger charge is -2.27. The van der Waals surface area contributed by atoms with Crippen LogP contribution in [-0.4, -0.2) is 22.5 Å². The highest BCUT2D eigenvalue weighted by Crippen LogP contribution is 2.30. The van der Waals surface area contributed by atoms with Crippen LogP contribution >= 0.6 is 0 Å². The van der Waals surface area contributed by atoms with Gasteiger partial charge in [-0.2, -0.15) is 0 Å². The van der Waals surface area contributed by atoms with Crippen LogP contribution < -0.4 is 5.32 Å². The molecule has 1 aliphatic rings. The number of benzene rings is 1. The molecule has 0 aliphatic heterocycles. The number of carboxylic acids is 1. The first-order chi connectivity index (χ1) is 9.97. The lowest BCUT2D eigenvalue weighted by atomic mass is 9.82. The Morgan fingerprint density at radius 1 is 1.48 bits per heavy atom. The maximum absolute atomic E-state index is 11.0. The molecular formula is C15H20N2O4. The Morgan fingerprint density at radius 2 is 2.24 bits per heavy atom. The molecule has 1 saturated carbocycles. The van der Waals surface area contributed by atoms with E-state index >= 15 is 0 Å². The average Bonchev–Trinajstić information content (AvgIpc) is 2.44. The van der Waals surface area contributed by atoms with Crippen LogP contribution in [0.5, 0.6) is 0 Å². The molecule has 1 aromatic carbocycles. The van der Waals surface area contributed by atoms with Crippen LogP contribution in [-0.2, 0) is 0 Å². The van der Waals surface area contributed by atoms with E-state index in [1.807, 2.05) is 0 Å². The van der Waals surface area contributed by atoms with Crippen LogP contribution in [0.25, 0.3) is 0 Å². The van der Waals surface area contributed by atoms with Gasteiger partial charge in [0.05, 0.1) is 10.5 Å². The van der Waals surface area contributed by atoms with E-state index in [0.717, 1.165) is 12.8 Å². The summed E-state index contributed by atoms with van der Waals surface area (Å²) in [6.45, 7) is 2.87. The summed E-state index contributed by atoms with van der Waals surface area (Å²) >= 11 is 0. The Labute approximate surface area is 123 Å². The van der Waals surface area contributed by atoms with Gasteiger partial charge in [0.15, 0.2) is 0 Å². The normalized spacial score (nSPS) is 21.8. The number of nitro groups is 1. The number of hydrogen-bond acceptors (Lipinski definition) is 4. The summed E-state index contributed by atoms with van der Waals surface area (Å²) in [6.07, 6.45) is 4.65. The summed E-state index contributed by atoms with van der Waals surface area (Å²) in [5.41, 5.74) is 0.266. The number of nitro benzene ring substituents is 1. The highest BCUT2D eigenvalue weighted by molar-refractivity contribution is 5.90. The maximum Gasteiger partial charge on any atom is 0.335 e. The molecule has 0 radical (unpaired) electrons. The topological polar surface area (TPSA) is 92.5 Å². The van der Waals surface area contributed by atoms with E-state index < -0.39 is 10.9 Å². The number of anilines is 1. The molecule has 0 bridgehead atoms. The van der Waals surface area contributed by atoms with Crippen molar-refractivity contribution in [3.05, 3.63) is 33.9 Å². The van der Waals surface area contributed by atoms with Gasteiger partial charge >= 0.3 is 5.97 Å². The van der Waals surface area contributed by atoms with Crippen molar-refractivity contribution in [1.82, 2.24) is 0 Å². The molecule has 2 rings (SSSR count). The average molecular weight is 292 g/mol. The fourth-order valence-corrected chi connectivity index (χ4v) is 2.97. The quantitative estimate of drug-likeness (QED) is 0.639. The monoisotopic (exact) mass is 292 g/mol. The Balaban J connectivity index is 2.11. The zero-order chi connectivity index (χ0) is 15.4. The summed E-state index contributed by atoms with van der Waals surface area (Å²) < 4.78 is 0. The van der Waals surface area contributed by atoms with Gasteiger partial charge in [-0.3, -0.25) is 10.1 Å². The van der Waals surface area contributed by atoms with Gasteiger partial charge in [-0.05, 0) is 36.8 Å². The Hall–Kier alpha value is -2.11. The molecule has 1 aliphatic carbocycles. The van der Waals surface area contributed by atoms with Gasteiger partial charge in [0.25, 0.3) is 5.69 Å². The lowest BCUT2D eigenvalue weighted by Crippen LogP contribution is -2.21. The Morgan fingerprint density at radius 3 is 2.86 bits per heavy atom. The molecule has 6 nitrogen and oxygen atoms in total. The number of carboxylic acid groups (broad SMARTS) is 1. The first kappa shape index (κ1) is 15.3. The number of rotatable bonds is 5. The number of nitrogens with zero attached hydrogens (tertiary/aromatic N) is 1. The molecule has 0 spiro atoms. The second kappa shape index (κ2) is 6.56. The van der Waals surface area contributed by atoms with Gasteiger partial charge in [0, 0.05) is 12.6 Å². The molecule has 21 heavy (non-hydrogen) atoms. The van der Waals surface area contributed by atoms with Crippen LogP contribution in [0.2, 0.25) is 0 Å². The molecule has 0 heterocycles. The van der Waals surface area contributed by atoms with Crippen molar-refractivity contribution in [2.45, 2.75) is 32.6 Å². The number of hydrogen-bond donors (Lipinski definition) is 2. The molecule has 114 valence electrons. The number of nitrogens with one attached hydrogen (secondary N) is 1. The SMILES string of the molecule is CC1CCCC(CNc2cc(C(=O)O)ccc2[N+](=O)[O-])C1. The molecule has 2 atom stereocenters. The summed E-state index contributed by atoms with van der Waals surface area (Å²) in [5, 5.41) is 23.1. The number of carbonyl (C=O) groups is 1. The highest BCUT2D eigenvalue weighted by atomic mass is 16.6. The van der Waals surface area contributed by atoms with E-state index in [0.29, 0.717) is 18.4 Å². The van der Waals surface area contributed by atoms with E-state index in [-0.39, 0.29) is 16.9 Å². The van der Waals surface area contributed by atoms with Crippen molar-refractivity contribution in [2.24, 2.45) is 11.8 Å². The van der Waals surface area contributed by atoms with E-state index in [4.69, 9.17) is 5.11 Å². The van der Waals surface area contributed by atoms with Crippen LogP contribution in [0.3, 0.4) is 0 Å². The van der Waals surface area contributed by atoms with Crippen molar-refractivity contribution in [3.8, 4) is 0 Å². The van der Waals surface area contributed by atoms with Crippen molar-refractivity contribution < 1.29 is 14.8 Å². The largest absolute Gasteiger partial charge is 0.478 e. The third-order valence-electron chi connectivity index (χ3n) is 4.07. The van der Waals surface area contributed by atoms with E-state index in [1.54, 1.807) is 0 Å². The van der Waals surface area contributed by atoms with E-state index in [2.05, 4.69) is 12.2 Å². The standard InChI is InChI=1S/C15H20N2O4/c1-10-3-2-4-11(7-10)9-16-13-8-12(15(18)19)5-6-14(13)17(20)21/h5-6,8,10-11,16H,2-4,7,9H2,1H3,(H,18,19). The molecular weight excluding hydrogens is 272 g/mol. The van der Waals surface area contributed by atoms with Gasteiger partial charge in [-0.25, -0.2) is 4.79 Å². The number of aromatic carboxylic acids is 1. The Bertz CT molecular complexity index is 544. The van der Waals surface area contributed by atoms with Crippen LogP contribution in [0.1, 0.15) is 43.0 Å². The second-order valence-corrected chi connectivity index (χ2v) is 5.81. The fourth-order valence-electron chi connectivity index (χ4n) is 2.97. The summed E-state index contributed by atoms with van der Waals surface area (Å²) in [5.74, 6) is 0.0898.